The summed E-state index contributed by atoms with van der Waals surface area (Å²) in [5.41, 5.74) is 2.48. The van der Waals surface area contributed by atoms with Gasteiger partial charge in [-0.15, -0.1) is 0 Å². The van der Waals surface area contributed by atoms with Crippen molar-refractivity contribution in [1.82, 2.24) is 5.32 Å². The Morgan fingerprint density at radius 1 is 1.04 bits per heavy atom. The van der Waals surface area contributed by atoms with Crippen LogP contribution in [0.25, 0.3) is 0 Å². The summed E-state index contributed by atoms with van der Waals surface area (Å²) in [6.07, 6.45) is 1.58. The van der Waals surface area contributed by atoms with Crippen molar-refractivity contribution < 1.29 is 18.7 Å². The van der Waals surface area contributed by atoms with Crippen molar-refractivity contribution in [2.75, 3.05) is 7.11 Å². The molecule has 0 radical (unpaired) electrons. The van der Waals surface area contributed by atoms with Crippen LogP contribution < -0.4 is 10.1 Å². The van der Waals surface area contributed by atoms with E-state index in [1.54, 1.807) is 37.6 Å². The Bertz CT molecular complexity index is 828. The van der Waals surface area contributed by atoms with Gasteiger partial charge in [-0.2, -0.15) is 0 Å². The predicted molar refractivity (Wildman–Crippen MR) is 97.8 cm³/mol. The molecule has 0 saturated carbocycles. The highest BCUT2D eigenvalue weighted by molar-refractivity contribution is 5.94. The molecule has 134 valence electrons. The Labute approximate surface area is 152 Å². The quantitative estimate of drug-likeness (QED) is 0.668. The molecule has 0 saturated heterocycles. The van der Waals surface area contributed by atoms with E-state index in [2.05, 4.69) is 5.32 Å². The number of hydrogen-bond donors (Lipinski definition) is 1. The number of carbonyl (C=O) groups is 1. The molecule has 1 amide bonds. The highest BCUT2D eigenvalue weighted by Gasteiger charge is 2.11. The minimum Gasteiger partial charge on any atom is -0.496 e. The van der Waals surface area contributed by atoms with Crippen LogP contribution in [0, 0.1) is 0 Å². The van der Waals surface area contributed by atoms with Crippen LogP contribution in [0.2, 0.25) is 0 Å². The second kappa shape index (κ2) is 8.87. The molecule has 0 fully saturated rings. The number of carbonyl (C=O) groups excluding carboxylic acids is 1. The minimum atomic E-state index is -0.173. The fraction of sp³-hybridized carbons (Fsp3) is 0.190. The summed E-state index contributed by atoms with van der Waals surface area (Å²) in [5.74, 6) is 1.23. The standard InChI is InChI=1S/C21H21NO4/c1-24-20-10-9-17(21(23)22-13-19-8-5-11-26-19)12-18(20)15-25-14-16-6-3-2-4-7-16/h2-12H,13-15H2,1H3,(H,22,23). The van der Waals surface area contributed by atoms with Crippen molar-refractivity contribution in [2.45, 2.75) is 19.8 Å². The number of furan rings is 1. The van der Waals surface area contributed by atoms with Crippen molar-refractivity contribution in [2.24, 2.45) is 0 Å². The lowest BCUT2D eigenvalue weighted by atomic mass is 10.1. The number of methoxy groups -OCH3 is 1. The van der Waals surface area contributed by atoms with Gasteiger partial charge in [-0.1, -0.05) is 30.3 Å². The first kappa shape index (κ1) is 17.8. The van der Waals surface area contributed by atoms with Crippen LogP contribution in [0.15, 0.2) is 71.3 Å². The van der Waals surface area contributed by atoms with E-state index in [0.717, 1.165) is 11.1 Å². The Morgan fingerprint density at radius 3 is 2.62 bits per heavy atom. The number of rotatable bonds is 8. The summed E-state index contributed by atoms with van der Waals surface area (Å²) < 4.78 is 16.4. The van der Waals surface area contributed by atoms with Gasteiger partial charge in [-0.25, -0.2) is 0 Å². The fourth-order valence-corrected chi connectivity index (χ4v) is 2.57. The molecule has 0 spiro atoms. The van der Waals surface area contributed by atoms with Gasteiger partial charge in [0.15, 0.2) is 0 Å². The third kappa shape index (κ3) is 4.74. The SMILES string of the molecule is COc1ccc(C(=O)NCc2ccco2)cc1COCc1ccccc1. The second-order valence-corrected chi connectivity index (χ2v) is 5.77. The number of ether oxygens (including phenoxy) is 2. The van der Waals surface area contributed by atoms with E-state index in [-0.39, 0.29) is 5.91 Å². The molecule has 5 nitrogen and oxygen atoms in total. The van der Waals surface area contributed by atoms with E-state index in [1.165, 1.54) is 0 Å². The monoisotopic (exact) mass is 351 g/mol. The lowest BCUT2D eigenvalue weighted by Crippen LogP contribution is -2.22. The smallest absolute Gasteiger partial charge is 0.251 e. The molecule has 0 aliphatic rings. The van der Waals surface area contributed by atoms with Crippen LogP contribution in [0.3, 0.4) is 0 Å². The number of benzene rings is 2. The highest BCUT2D eigenvalue weighted by Crippen LogP contribution is 2.21. The first-order valence-corrected chi connectivity index (χ1v) is 8.35. The fourth-order valence-electron chi connectivity index (χ4n) is 2.57. The molecule has 26 heavy (non-hydrogen) atoms. The molecule has 5 heteroatoms. The van der Waals surface area contributed by atoms with Gasteiger partial charge in [0, 0.05) is 11.1 Å². The predicted octanol–water partition coefficient (Wildman–Crippen LogP) is 3.94. The van der Waals surface area contributed by atoms with E-state index in [4.69, 9.17) is 13.9 Å². The third-order valence-corrected chi connectivity index (χ3v) is 3.91. The average Bonchev–Trinajstić information content (AvgIpc) is 3.20. The van der Waals surface area contributed by atoms with Crippen molar-refractivity contribution in [3.05, 3.63) is 89.4 Å². The number of hydrogen-bond acceptors (Lipinski definition) is 4. The Hall–Kier alpha value is -3.05. The van der Waals surface area contributed by atoms with Gasteiger partial charge in [0.25, 0.3) is 5.91 Å². The molecule has 0 aliphatic carbocycles. The van der Waals surface area contributed by atoms with Crippen LogP contribution in [-0.4, -0.2) is 13.0 Å². The molecular weight excluding hydrogens is 330 g/mol. The zero-order valence-corrected chi connectivity index (χ0v) is 14.6. The largest absolute Gasteiger partial charge is 0.496 e. The van der Waals surface area contributed by atoms with E-state index in [0.29, 0.717) is 36.8 Å². The van der Waals surface area contributed by atoms with Gasteiger partial charge >= 0.3 is 0 Å². The molecular formula is C21H21NO4. The Morgan fingerprint density at radius 2 is 1.88 bits per heavy atom. The second-order valence-electron chi connectivity index (χ2n) is 5.77. The number of amides is 1. The molecule has 0 unspecified atom stereocenters. The molecule has 0 bridgehead atoms. The van der Waals surface area contributed by atoms with Crippen LogP contribution in [-0.2, 0) is 24.5 Å². The lowest BCUT2D eigenvalue weighted by Gasteiger charge is -2.11. The van der Waals surface area contributed by atoms with Gasteiger partial charge in [0.05, 0.1) is 33.1 Å². The summed E-state index contributed by atoms with van der Waals surface area (Å²) in [6.45, 7) is 1.20. The molecule has 1 heterocycles. The first-order valence-electron chi connectivity index (χ1n) is 8.35. The van der Waals surface area contributed by atoms with Crippen LogP contribution >= 0.6 is 0 Å². The molecule has 3 rings (SSSR count). The van der Waals surface area contributed by atoms with Gasteiger partial charge in [0.1, 0.15) is 11.5 Å². The van der Waals surface area contributed by atoms with Crippen molar-refractivity contribution in [3.8, 4) is 5.75 Å². The number of nitrogens with one attached hydrogen (secondary N) is 1. The normalized spacial score (nSPS) is 10.5. The summed E-state index contributed by atoms with van der Waals surface area (Å²) in [4.78, 5) is 12.4. The van der Waals surface area contributed by atoms with E-state index in [1.807, 2.05) is 36.4 Å². The van der Waals surface area contributed by atoms with E-state index in [9.17, 15) is 4.79 Å². The minimum absolute atomic E-state index is 0.173. The summed E-state index contributed by atoms with van der Waals surface area (Å²) in [7, 11) is 1.60. The maximum absolute atomic E-state index is 12.4. The Balaban J connectivity index is 1.62. The first-order chi connectivity index (χ1) is 12.8. The van der Waals surface area contributed by atoms with Crippen molar-refractivity contribution in [1.29, 1.82) is 0 Å². The van der Waals surface area contributed by atoms with Crippen LogP contribution in [0.4, 0.5) is 0 Å². The summed E-state index contributed by atoms with van der Waals surface area (Å²) >= 11 is 0. The molecule has 2 aromatic carbocycles. The van der Waals surface area contributed by atoms with E-state index < -0.39 is 0 Å². The third-order valence-electron chi connectivity index (χ3n) is 3.91. The zero-order valence-electron chi connectivity index (χ0n) is 14.6. The zero-order chi connectivity index (χ0) is 18.2. The molecule has 1 N–H and O–H groups in total. The summed E-state index contributed by atoms with van der Waals surface area (Å²) in [5, 5.41) is 2.83. The highest BCUT2D eigenvalue weighted by atomic mass is 16.5. The average molecular weight is 351 g/mol. The van der Waals surface area contributed by atoms with Gasteiger partial charge in [-0.05, 0) is 35.9 Å². The molecule has 3 aromatic rings. The van der Waals surface area contributed by atoms with Crippen molar-refractivity contribution in [3.63, 3.8) is 0 Å². The topological polar surface area (TPSA) is 60.7 Å². The summed E-state index contributed by atoms with van der Waals surface area (Å²) in [6, 6.07) is 18.9. The van der Waals surface area contributed by atoms with Crippen LogP contribution in [0.1, 0.15) is 27.2 Å². The van der Waals surface area contributed by atoms with E-state index >= 15 is 0 Å². The van der Waals surface area contributed by atoms with Gasteiger partial charge in [-0.3, -0.25) is 4.79 Å². The van der Waals surface area contributed by atoms with Crippen molar-refractivity contribution >= 4 is 5.91 Å². The van der Waals surface area contributed by atoms with Crippen LogP contribution in [0.5, 0.6) is 5.75 Å². The maximum atomic E-state index is 12.4. The molecule has 1 aromatic heterocycles. The molecule has 0 atom stereocenters. The Kier molecular flexibility index (Phi) is 6.06. The van der Waals surface area contributed by atoms with Gasteiger partial charge in [0.2, 0.25) is 0 Å². The lowest BCUT2D eigenvalue weighted by molar-refractivity contribution is 0.0945. The maximum Gasteiger partial charge on any atom is 0.251 e. The van der Waals surface area contributed by atoms with Gasteiger partial charge < -0.3 is 19.2 Å². The molecule has 0 aliphatic heterocycles.